The van der Waals surface area contributed by atoms with Crippen LogP contribution in [0.25, 0.3) is 0 Å². The molecule has 2 aromatic rings. The van der Waals surface area contributed by atoms with Crippen LogP contribution in [0.2, 0.25) is 10.0 Å². The van der Waals surface area contributed by atoms with Gasteiger partial charge in [0.15, 0.2) is 0 Å². The predicted molar refractivity (Wildman–Crippen MR) is 101 cm³/mol. The monoisotopic (exact) mass is 360 g/mol. The highest BCUT2D eigenvalue weighted by Gasteiger charge is 2.13. The number of hydrogen-bond acceptors (Lipinski definition) is 4. The van der Waals surface area contributed by atoms with E-state index >= 15 is 0 Å². The van der Waals surface area contributed by atoms with Crippen molar-refractivity contribution in [2.75, 3.05) is 26.2 Å². The van der Waals surface area contributed by atoms with Crippen molar-refractivity contribution in [3.05, 3.63) is 69.7 Å². The first-order valence-corrected chi connectivity index (χ1v) is 8.55. The molecular weight excluding hydrogens is 343 g/mol. The first kappa shape index (κ1) is 16.8. The molecule has 0 atom stereocenters. The van der Waals surface area contributed by atoms with Crippen molar-refractivity contribution in [3.63, 3.8) is 0 Å². The minimum Gasteiger partial charge on any atom is -0.293 e. The minimum atomic E-state index is 0.712. The lowest BCUT2D eigenvalue weighted by Gasteiger charge is -2.31. The molecule has 1 saturated heterocycles. The average Bonchev–Trinajstić information content (AvgIpc) is 2.61. The summed E-state index contributed by atoms with van der Waals surface area (Å²) < 4.78 is 0. The molecule has 0 saturated carbocycles. The summed E-state index contributed by atoms with van der Waals surface area (Å²) in [6.45, 7) is 3.28. The number of hydrogen-bond donors (Lipinski definition) is 0. The summed E-state index contributed by atoms with van der Waals surface area (Å²) >= 11 is 12.3. The molecular formula is C18H18Cl2N4. The standard InChI is InChI=1S/C18H18Cl2N4/c19-17-7-3-1-5-15(17)13-21-23-9-11-24(12-10-23)22-14-16-6-2-4-8-18(16)20/h1-8,13-14H,9-12H2/b21-13+,22-14+. The van der Waals surface area contributed by atoms with Gasteiger partial charge in [0.2, 0.25) is 0 Å². The van der Waals surface area contributed by atoms with Crippen molar-refractivity contribution in [1.82, 2.24) is 10.0 Å². The molecule has 1 aliphatic rings. The molecule has 24 heavy (non-hydrogen) atoms. The Labute approximate surface area is 152 Å². The smallest absolute Gasteiger partial charge is 0.0557 e. The summed E-state index contributed by atoms with van der Waals surface area (Å²) in [5, 5.41) is 14.5. The number of rotatable bonds is 4. The van der Waals surface area contributed by atoms with Crippen LogP contribution in [0.15, 0.2) is 58.7 Å². The van der Waals surface area contributed by atoms with Gasteiger partial charge < -0.3 is 0 Å². The van der Waals surface area contributed by atoms with Gasteiger partial charge in [-0.2, -0.15) is 10.2 Å². The first-order chi connectivity index (χ1) is 11.7. The number of benzene rings is 2. The summed E-state index contributed by atoms with van der Waals surface area (Å²) in [6.07, 6.45) is 3.62. The molecule has 0 N–H and O–H groups in total. The van der Waals surface area contributed by atoms with E-state index in [1.54, 1.807) is 0 Å². The van der Waals surface area contributed by atoms with Crippen molar-refractivity contribution in [1.29, 1.82) is 0 Å². The third-order valence-corrected chi connectivity index (χ3v) is 4.45. The van der Waals surface area contributed by atoms with Crippen molar-refractivity contribution in [2.45, 2.75) is 0 Å². The maximum Gasteiger partial charge on any atom is 0.0557 e. The van der Waals surface area contributed by atoms with E-state index in [2.05, 4.69) is 10.2 Å². The maximum atomic E-state index is 6.13. The van der Waals surface area contributed by atoms with Crippen LogP contribution in [0.5, 0.6) is 0 Å². The van der Waals surface area contributed by atoms with Crippen LogP contribution in [0, 0.1) is 0 Å². The SMILES string of the molecule is Clc1ccccc1/C=N/N1CCN(/N=C/c2ccccc2Cl)CC1. The Morgan fingerprint density at radius 1 is 0.667 bits per heavy atom. The second kappa shape index (κ2) is 8.18. The molecule has 0 bridgehead atoms. The van der Waals surface area contributed by atoms with E-state index in [0.717, 1.165) is 37.3 Å². The molecule has 3 rings (SSSR count). The first-order valence-electron chi connectivity index (χ1n) is 7.79. The molecule has 0 spiro atoms. The van der Waals surface area contributed by atoms with Crippen LogP contribution in [0.3, 0.4) is 0 Å². The zero-order chi connectivity index (χ0) is 16.8. The molecule has 0 aliphatic carbocycles. The van der Waals surface area contributed by atoms with E-state index in [-0.39, 0.29) is 0 Å². The van der Waals surface area contributed by atoms with Gasteiger partial charge in [0.25, 0.3) is 0 Å². The lowest BCUT2D eigenvalue weighted by molar-refractivity contribution is 0.141. The molecule has 6 heteroatoms. The molecule has 0 radical (unpaired) electrons. The Morgan fingerprint density at radius 2 is 1.04 bits per heavy atom. The van der Waals surface area contributed by atoms with Crippen molar-refractivity contribution < 1.29 is 0 Å². The van der Waals surface area contributed by atoms with Crippen LogP contribution in [-0.4, -0.2) is 48.6 Å². The van der Waals surface area contributed by atoms with E-state index in [0.29, 0.717) is 10.0 Å². The summed E-state index contributed by atoms with van der Waals surface area (Å²) in [7, 11) is 0. The summed E-state index contributed by atoms with van der Waals surface area (Å²) in [5.74, 6) is 0. The van der Waals surface area contributed by atoms with Gasteiger partial charge in [-0.25, -0.2) is 0 Å². The van der Waals surface area contributed by atoms with E-state index in [1.165, 1.54) is 0 Å². The molecule has 1 aliphatic heterocycles. The van der Waals surface area contributed by atoms with E-state index < -0.39 is 0 Å². The highest BCUT2D eigenvalue weighted by atomic mass is 35.5. The van der Waals surface area contributed by atoms with Crippen LogP contribution in [-0.2, 0) is 0 Å². The summed E-state index contributed by atoms with van der Waals surface area (Å²) in [4.78, 5) is 0. The van der Waals surface area contributed by atoms with Crippen LogP contribution < -0.4 is 0 Å². The van der Waals surface area contributed by atoms with Crippen molar-refractivity contribution in [3.8, 4) is 0 Å². The van der Waals surface area contributed by atoms with Gasteiger partial charge in [-0.15, -0.1) is 0 Å². The Morgan fingerprint density at radius 3 is 1.42 bits per heavy atom. The molecule has 1 fully saturated rings. The van der Waals surface area contributed by atoms with Gasteiger partial charge in [0.05, 0.1) is 38.6 Å². The zero-order valence-corrected chi connectivity index (χ0v) is 14.7. The van der Waals surface area contributed by atoms with Crippen molar-refractivity contribution >= 4 is 35.6 Å². The third-order valence-electron chi connectivity index (χ3n) is 3.76. The lowest BCUT2D eigenvalue weighted by Crippen LogP contribution is -2.41. The predicted octanol–water partition coefficient (Wildman–Crippen LogP) is 3.98. The van der Waals surface area contributed by atoms with Gasteiger partial charge in [-0.3, -0.25) is 10.0 Å². The number of piperazine rings is 1. The molecule has 124 valence electrons. The van der Waals surface area contributed by atoms with Crippen molar-refractivity contribution in [2.24, 2.45) is 10.2 Å². The van der Waals surface area contributed by atoms with E-state index in [4.69, 9.17) is 23.2 Å². The molecule has 0 aromatic heterocycles. The van der Waals surface area contributed by atoms with Gasteiger partial charge in [-0.1, -0.05) is 59.6 Å². The van der Waals surface area contributed by atoms with Gasteiger partial charge in [0, 0.05) is 21.2 Å². The molecule has 0 amide bonds. The van der Waals surface area contributed by atoms with Gasteiger partial charge >= 0.3 is 0 Å². The normalized spacial score (nSPS) is 15.6. The molecule has 2 aromatic carbocycles. The average molecular weight is 361 g/mol. The second-order valence-electron chi connectivity index (χ2n) is 5.44. The Bertz CT molecular complexity index is 674. The summed E-state index contributed by atoms with van der Waals surface area (Å²) in [6, 6.07) is 15.4. The number of nitrogens with zero attached hydrogens (tertiary/aromatic N) is 4. The van der Waals surface area contributed by atoms with Gasteiger partial charge in [-0.05, 0) is 12.1 Å². The fourth-order valence-corrected chi connectivity index (χ4v) is 2.73. The topological polar surface area (TPSA) is 31.2 Å². The Hall–Kier alpha value is -2.04. The fraction of sp³-hybridized carbons (Fsp3) is 0.222. The van der Waals surface area contributed by atoms with E-state index in [9.17, 15) is 0 Å². The van der Waals surface area contributed by atoms with E-state index in [1.807, 2.05) is 71.0 Å². The minimum absolute atomic E-state index is 0.712. The molecule has 1 heterocycles. The van der Waals surface area contributed by atoms with Crippen LogP contribution in [0.4, 0.5) is 0 Å². The van der Waals surface area contributed by atoms with Crippen LogP contribution in [0.1, 0.15) is 11.1 Å². The Kier molecular flexibility index (Phi) is 5.72. The fourth-order valence-electron chi connectivity index (χ4n) is 2.36. The molecule has 4 nitrogen and oxygen atoms in total. The largest absolute Gasteiger partial charge is 0.293 e. The zero-order valence-electron chi connectivity index (χ0n) is 13.1. The quantitative estimate of drug-likeness (QED) is 0.772. The molecule has 0 unspecified atom stereocenters. The van der Waals surface area contributed by atoms with Crippen LogP contribution >= 0.6 is 23.2 Å². The highest BCUT2D eigenvalue weighted by Crippen LogP contribution is 2.14. The number of halogens is 2. The highest BCUT2D eigenvalue weighted by molar-refractivity contribution is 6.33. The second-order valence-corrected chi connectivity index (χ2v) is 6.25. The third kappa shape index (κ3) is 4.49. The number of hydrazone groups is 2. The maximum absolute atomic E-state index is 6.13. The van der Waals surface area contributed by atoms with Gasteiger partial charge in [0.1, 0.15) is 0 Å². The summed E-state index contributed by atoms with van der Waals surface area (Å²) in [5.41, 5.74) is 1.86. The lowest BCUT2D eigenvalue weighted by atomic mass is 10.2. The Balaban J connectivity index is 1.53.